The van der Waals surface area contributed by atoms with Gasteiger partial charge in [-0.15, -0.1) is 0 Å². The quantitative estimate of drug-likeness (QED) is 0.904. The summed E-state index contributed by atoms with van der Waals surface area (Å²) >= 11 is 0. The first-order chi connectivity index (χ1) is 9.70. The maximum absolute atomic E-state index is 13.2. The molecule has 20 heavy (non-hydrogen) atoms. The van der Waals surface area contributed by atoms with Crippen LogP contribution in [0.25, 0.3) is 0 Å². The van der Waals surface area contributed by atoms with Crippen LogP contribution in [0.5, 0.6) is 0 Å². The molecule has 0 aliphatic heterocycles. The van der Waals surface area contributed by atoms with Crippen LogP contribution in [0.4, 0.5) is 10.2 Å². The first kappa shape index (κ1) is 13.0. The van der Waals surface area contributed by atoms with Crippen LogP contribution in [0.2, 0.25) is 0 Å². The van der Waals surface area contributed by atoms with Crippen LogP contribution in [0.15, 0.2) is 36.5 Å². The summed E-state index contributed by atoms with van der Waals surface area (Å²) in [6, 6.07) is 8.80. The van der Waals surface area contributed by atoms with E-state index in [0.29, 0.717) is 5.92 Å². The summed E-state index contributed by atoms with van der Waals surface area (Å²) in [6.45, 7) is 2.07. The molecule has 1 aliphatic carbocycles. The van der Waals surface area contributed by atoms with E-state index < -0.39 is 0 Å². The number of benzene rings is 1. The highest BCUT2D eigenvalue weighted by atomic mass is 19.1. The number of hydrogen-bond donors (Lipinski definition) is 1. The molecule has 3 rings (SSSR count). The van der Waals surface area contributed by atoms with E-state index in [2.05, 4.69) is 22.2 Å². The molecule has 0 saturated heterocycles. The summed E-state index contributed by atoms with van der Waals surface area (Å²) in [5.74, 6) is 2.15. The molecular weight excluding hydrogens is 253 g/mol. The lowest BCUT2D eigenvalue weighted by atomic mass is 10.1. The second-order valence-electron chi connectivity index (χ2n) is 5.45. The van der Waals surface area contributed by atoms with Crippen LogP contribution >= 0.6 is 0 Å². The molecule has 1 aromatic carbocycles. The minimum absolute atomic E-state index is 0.187. The Kier molecular flexibility index (Phi) is 3.63. The molecule has 0 bridgehead atoms. The van der Waals surface area contributed by atoms with E-state index in [1.807, 2.05) is 12.1 Å². The van der Waals surface area contributed by atoms with Crippen molar-refractivity contribution in [1.82, 2.24) is 9.97 Å². The zero-order valence-corrected chi connectivity index (χ0v) is 11.5. The van der Waals surface area contributed by atoms with Crippen molar-refractivity contribution in [3.05, 3.63) is 53.7 Å². The maximum atomic E-state index is 13.2. The zero-order valence-electron chi connectivity index (χ0n) is 11.5. The second-order valence-corrected chi connectivity index (χ2v) is 5.45. The van der Waals surface area contributed by atoms with Crippen LogP contribution < -0.4 is 5.32 Å². The Morgan fingerprint density at radius 1 is 1.35 bits per heavy atom. The van der Waals surface area contributed by atoms with Crippen molar-refractivity contribution in [2.45, 2.75) is 38.1 Å². The van der Waals surface area contributed by atoms with Gasteiger partial charge in [-0.2, -0.15) is 0 Å². The second kappa shape index (κ2) is 5.57. The average molecular weight is 271 g/mol. The van der Waals surface area contributed by atoms with Gasteiger partial charge in [0.25, 0.3) is 0 Å². The van der Waals surface area contributed by atoms with Gasteiger partial charge < -0.3 is 5.32 Å². The van der Waals surface area contributed by atoms with Gasteiger partial charge in [0, 0.05) is 18.2 Å². The lowest BCUT2D eigenvalue weighted by Crippen LogP contribution is -2.19. The minimum Gasteiger partial charge on any atom is -0.367 e. The fourth-order valence-corrected chi connectivity index (χ4v) is 2.31. The van der Waals surface area contributed by atoms with Crippen molar-refractivity contribution in [2.24, 2.45) is 0 Å². The van der Waals surface area contributed by atoms with Crippen molar-refractivity contribution in [3.63, 3.8) is 0 Å². The van der Waals surface area contributed by atoms with Gasteiger partial charge in [0.05, 0.1) is 0 Å². The topological polar surface area (TPSA) is 37.8 Å². The highest BCUT2D eigenvalue weighted by Gasteiger charge is 2.26. The number of halogens is 1. The molecule has 1 atom stereocenters. The fourth-order valence-electron chi connectivity index (χ4n) is 2.31. The third-order valence-corrected chi connectivity index (χ3v) is 3.44. The monoisotopic (exact) mass is 271 g/mol. The molecule has 1 heterocycles. The lowest BCUT2D eigenvalue weighted by molar-refractivity contribution is 0.624. The lowest BCUT2D eigenvalue weighted by Gasteiger charge is -2.15. The smallest absolute Gasteiger partial charge is 0.133 e. The maximum Gasteiger partial charge on any atom is 0.133 e. The Labute approximate surface area is 118 Å². The standard InChI is InChI=1S/C16H18FN3/c1-11(9-12-3-2-4-14(17)10-12)19-15-7-8-18-16(20-15)13-5-6-13/h2-4,7-8,10-11,13H,5-6,9H2,1H3,(H,18,19,20). The first-order valence-electron chi connectivity index (χ1n) is 7.04. The van der Waals surface area contributed by atoms with E-state index in [4.69, 9.17) is 0 Å². The summed E-state index contributed by atoms with van der Waals surface area (Å²) in [4.78, 5) is 8.84. The highest BCUT2D eigenvalue weighted by molar-refractivity contribution is 5.35. The highest BCUT2D eigenvalue weighted by Crippen LogP contribution is 2.38. The number of hydrogen-bond acceptors (Lipinski definition) is 3. The minimum atomic E-state index is -0.187. The van der Waals surface area contributed by atoms with Gasteiger partial charge in [-0.05, 0) is 49.9 Å². The Balaban J connectivity index is 1.63. The van der Waals surface area contributed by atoms with Gasteiger partial charge in [0.15, 0.2) is 0 Å². The number of nitrogens with zero attached hydrogens (tertiary/aromatic N) is 2. The molecule has 1 aliphatic rings. The summed E-state index contributed by atoms with van der Waals surface area (Å²) in [6.07, 6.45) is 4.96. The molecular formula is C16H18FN3. The average Bonchev–Trinajstić information content (AvgIpc) is 3.23. The largest absolute Gasteiger partial charge is 0.367 e. The molecule has 4 heteroatoms. The Hall–Kier alpha value is -1.97. The molecule has 3 nitrogen and oxygen atoms in total. The third-order valence-electron chi connectivity index (χ3n) is 3.44. The van der Waals surface area contributed by atoms with E-state index in [0.717, 1.165) is 23.6 Å². The van der Waals surface area contributed by atoms with Crippen LogP contribution in [-0.2, 0) is 6.42 Å². The van der Waals surface area contributed by atoms with Gasteiger partial charge in [-0.3, -0.25) is 0 Å². The number of rotatable bonds is 5. The van der Waals surface area contributed by atoms with Crippen molar-refractivity contribution in [2.75, 3.05) is 5.32 Å². The van der Waals surface area contributed by atoms with E-state index >= 15 is 0 Å². The normalized spacial score (nSPS) is 15.9. The summed E-state index contributed by atoms with van der Waals surface area (Å²) < 4.78 is 13.2. The van der Waals surface area contributed by atoms with Crippen molar-refractivity contribution >= 4 is 5.82 Å². The molecule has 0 radical (unpaired) electrons. The first-order valence-corrected chi connectivity index (χ1v) is 7.04. The molecule has 1 unspecified atom stereocenters. The van der Waals surface area contributed by atoms with Gasteiger partial charge in [0.1, 0.15) is 17.5 Å². The molecule has 1 fully saturated rings. The predicted octanol–water partition coefficient (Wildman–Crippen LogP) is 3.54. The molecule has 1 saturated carbocycles. The van der Waals surface area contributed by atoms with Crippen LogP contribution in [0, 0.1) is 5.82 Å². The van der Waals surface area contributed by atoms with E-state index in [1.165, 1.54) is 18.9 Å². The molecule has 1 N–H and O–H groups in total. The Bertz CT molecular complexity index is 596. The van der Waals surface area contributed by atoms with Crippen molar-refractivity contribution in [3.8, 4) is 0 Å². The molecule has 0 amide bonds. The van der Waals surface area contributed by atoms with Crippen molar-refractivity contribution in [1.29, 1.82) is 0 Å². The number of aromatic nitrogens is 2. The SMILES string of the molecule is CC(Cc1cccc(F)c1)Nc1ccnc(C2CC2)n1. The van der Waals surface area contributed by atoms with Gasteiger partial charge in [-0.25, -0.2) is 14.4 Å². The Morgan fingerprint density at radius 3 is 2.95 bits per heavy atom. The number of nitrogens with one attached hydrogen (secondary N) is 1. The molecule has 1 aromatic heterocycles. The van der Waals surface area contributed by atoms with E-state index in [9.17, 15) is 4.39 Å². The number of anilines is 1. The molecule has 0 spiro atoms. The fraction of sp³-hybridized carbons (Fsp3) is 0.375. The van der Waals surface area contributed by atoms with Gasteiger partial charge in [0.2, 0.25) is 0 Å². The molecule has 2 aromatic rings. The zero-order chi connectivity index (χ0) is 13.9. The third kappa shape index (κ3) is 3.32. The van der Waals surface area contributed by atoms with Crippen molar-refractivity contribution < 1.29 is 4.39 Å². The van der Waals surface area contributed by atoms with E-state index in [1.54, 1.807) is 18.3 Å². The molecule has 104 valence electrons. The Morgan fingerprint density at radius 2 is 2.20 bits per heavy atom. The summed E-state index contributed by atoms with van der Waals surface area (Å²) in [5, 5.41) is 3.36. The van der Waals surface area contributed by atoms with Crippen LogP contribution in [0.3, 0.4) is 0 Å². The van der Waals surface area contributed by atoms with Crippen LogP contribution in [0.1, 0.15) is 37.1 Å². The van der Waals surface area contributed by atoms with E-state index in [-0.39, 0.29) is 11.9 Å². The van der Waals surface area contributed by atoms with Crippen LogP contribution in [-0.4, -0.2) is 16.0 Å². The predicted molar refractivity (Wildman–Crippen MR) is 77.2 cm³/mol. The van der Waals surface area contributed by atoms with Gasteiger partial charge in [-0.1, -0.05) is 12.1 Å². The van der Waals surface area contributed by atoms with Gasteiger partial charge >= 0.3 is 0 Å². The summed E-state index contributed by atoms with van der Waals surface area (Å²) in [7, 11) is 0. The summed E-state index contributed by atoms with van der Waals surface area (Å²) in [5.41, 5.74) is 0.987.